The fraction of sp³-hybridized carbons (Fsp3) is 0.417. The van der Waals surface area contributed by atoms with Gasteiger partial charge in [0.1, 0.15) is 6.04 Å². The third-order valence-corrected chi connectivity index (χ3v) is 4.64. The smallest absolute Gasteiger partial charge is 0.118 e. The van der Waals surface area contributed by atoms with E-state index in [4.69, 9.17) is 0 Å². The number of nitriles is 1. The van der Waals surface area contributed by atoms with Crippen molar-refractivity contribution in [2.45, 2.75) is 12.5 Å². The molecule has 16 heavy (non-hydrogen) atoms. The second-order valence-electron chi connectivity index (χ2n) is 3.85. The molecule has 1 aromatic carbocycles. The number of anilines is 1. The van der Waals surface area contributed by atoms with Crippen LogP contribution in [0.2, 0.25) is 0 Å². The SMILES string of the molecule is N#CC(Nc1ccccc1Br)C1CCSC1. The molecule has 84 valence electrons. The van der Waals surface area contributed by atoms with Gasteiger partial charge in [-0.25, -0.2) is 0 Å². The molecule has 0 amide bonds. The molecule has 1 N–H and O–H groups in total. The highest BCUT2D eigenvalue weighted by molar-refractivity contribution is 9.10. The van der Waals surface area contributed by atoms with E-state index < -0.39 is 0 Å². The first-order valence-electron chi connectivity index (χ1n) is 5.29. The Labute approximate surface area is 109 Å². The van der Waals surface area contributed by atoms with Gasteiger partial charge >= 0.3 is 0 Å². The van der Waals surface area contributed by atoms with Crippen LogP contribution < -0.4 is 5.32 Å². The quantitative estimate of drug-likeness (QED) is 0.927. The lowest BCUT2D eigenvalue weighted by Gasteiger charge is -2.19. The molecule has 1 heterocycles. The van der Waals surface area contributed by atoms with Crippen molar-refractivity contribution in [3.8, 4) is 6.07 Å². The largest absolute Gasteiger partial charge is 0.369 e. The molecule has 1 aliphatic heterocycles. The van der Waals surface area contributed by atoms with Crippen LogP contribution in [-0.2, 0) is 0 Å². The maximum atomic E-state index is 9.20. The van der Waals surface area contributed by atoms with Gasteiger partial charge in [0.2, 0.25) is 0 Å². The monoisotopic (exact) mass is 296 g/mol. The standard InChI is InChI=1S/C12H13BrN2S/c13-10-3-1-2-4-11(10)15-12(7-14)9-5-6-16-8-9/h1-4,9,12,15H,5-6,8H2. The number of halogens is 1. The molecular formula is C12H13BrN2S. The van der Waals surface area contributed by atoms with Crippen LogP contribution in [0.25, 0.3) is 0 Å². The van der Waals surface area contributed by atoms with Crippen LogP contribution >= 0.6 is 27.7 Å². The lowest BCUT2D eigenvalue weighted by atomic mass is 10.0. The Morgan fingerprint density at radius 3 is 2.94 bits per heavy atom. The van der Waals surface area contributed by atoms with Crippen molar-refractivity contribution in [2.75, 3.05) is 16.8 Å². The summed E-state index contributed by atoms with van der Waals surface area (Å²) in [5.41, 5.74) is 1.01. The Kier molecular flexibility index (Phi) is 4.14. The van der Waals surface area contributed by atoms with E-state index in [1.807, 2.05) is 36.0 Å². The first-order chi connectivity index (χ1) is 7.81. The van der Waals surface area contributed by atoms with E-state index in [-0.39, 0.29) is 6.04 Å². The molecule has 1 aliphatic rings. The molecule has 0 saturated carbocycles. The Bertz CT molecular complexity index is 396. The highest BCUT2D eigenvalue weighted by Gasteiger charge is 2.25. The number of hydrogen-bond donors (Lipinski definition) is 1. The van der Waals surface area contributed by atoms with Crippen LogP contribution in [0.15, 0.2) is 28.7 Å². The fourth-order valence-corrected chi connectivity index (χ4v) is 3.51. The average molecular weight is 297 g/mol. The second-order valence-corrected chi connectivity index (χ2v) is 5.86. The molecular weight excluding hydrogens is 284 g/mol. The van der Waals surface area contributed by atoms with E-state index in [0.29, 0.717) is 5.92 Å². The summed E-state index contributed by atoms with van der Waals surface area (Å²) in [6.07, 6.45) is 1.14. The zero-order chi connectivity index (χ0) is 11.4. The number of benzene rings is 1. The van der Waals surface area contributed by atoms with Crippen LogP contribution in [0.3, 0.4) is 0 Å². The van der Waals surface area contributed by atoms with E-state index in [1.165, 1.54) is 5.75 Å². The molecule has 1 fully saturated rings. The minimum Gasteiger partial charge on any atom is -0.369 e. The molecule has 0 aromatic heterocycles. The van der Waals surface area contributed by atoms with Crippen LogP contribution in [-0.4, -0.2) is 17.5 Å². The summed E-state index contributed by atoms with van der Waals surface area (Å²) in [5, 5.41) is 12.5. The molecule has 2 nitrogen and oxygen atoms in total. The number of nitrogens with one attached hydrogen (secondary N) is 1. The van der Waals surface area contributed by atoms with E-state index in [0.717, 1.165) is 22.3 Å². The maximum Gasteiger partial charge on any atom is 0.118 e. The second kappa shape index (κ2) is 5.60. The van der Waals surface area contributed by atoms with Crippen molar-refractivity contribution in [2.24, 2.45) is 5.92 Å². The first-order valence-corrected chi connectivity index (χ1v) is 7.24. The van der Waals surface area contributed by atoms with Crippen LogP contribution in [0, 0.1) is 17.2 Å². The predicted octanol–water partition coefficient (Wildman–Crippen LogP) is 3.51. The molecule has 2 rings (SSSR count). The summed E-state index contributed by atoms with van der Waals surface area (Å²) < 4.78 is 1.01. The Balaban J connectivity index is 2.07. The first kappa shape index (κ1) is 11.8. The lowest BCUT2D eigenvalue weighted by molar-refractivity contribution is 0.565. The average Bonchev–Trinajstić information content (AvgIpc) is 2.81. The van der Waals surface area contributed by atoms with Crippen molar-refractivity contribution in [1.29, 1.82) is 5.26 Å². The van der Waals surface area contributed by atoms with Crippen molar-refractivity contribution in [3.63, 3.8) is 0 Å². The Morgan fingerprint density at radius 2 is 2.31 bits per heavy atom. The van der Waals surface area contributed by atoms with Gasteiger partial charge in [0.05, 0.1) is 6.07 Å². The molecule has 2 unspecified atom stereocenters. The van der Waals surface area contributed by atoms with Gasteiger partial charge in [0, 0.05) is 16.1 Å². The predicted molar refractivity (Wildman–Crippen MR) is 72.6 cm³/mol. The third kappa shape index (κ3) is 2.72. The highest BCUT2D eigenvalue weighted by atomic mass is 79.9. The molecule has 0 radical (unpaired) electrons. The minimum atomic E-state index is -0.0753. The normalized spacial score (nSPS) is 21.4. The Morgan fingerprint density at radius 1 is 1.50 bits per heavy atom. The molecule has 1 saturated heterocycles. The van der Waals surface area contributed by atoms with E-state index >= 15 is 0 Å². The van der Waals surface area contributed by atoms with Crippen LogP contribution in [0.1, 0.15) is 6.42 Å². The van der Waals surface area contributed by atoms with Crippen LogP contribution in [0.4, 0.5) is 5.69 Å². The summed E-state index contributed by atoms with van der Waals surface area (Å²) in [5.74, 6) is 2.75. The summed E-state index contributed by atoms with van der Waals surface area (Å²) in [6.45, 7) is 0. The maximum absolute atomic E-state index is 9.20. The van der Waals surface area contributed by atoms with Crippen molar-refractivity contribution in [1.82, 2.24) is 0 Å². The zero-order valence-corrected chi connectivity index (χ0v) is 11.2. The zero-order valence-electron chi connectivity index (χ0n) is 8.82. The van der Waals surface area contributed by atoms with Crippen molar-refractivity contribution >= 4 is 33.4 Å². The summed E-state index contributed by atoms with van der Waals surface area (Å²) in [6, 6.07) is 10.2. The minimum absolute atomic E-state index is 0.0753. The summed E-state index contributed by atoms with van der Waals surface area (Å²) in [4.78, 5) is 0. The van der Waals surface area contributed by atoms with Crippen LogP contribution in [0.5, 0.6) is 0 Å². The molecule has 2 atom stereocenters. The number of para-hydroxylation sites is 1. The molecule has 0 spiro atoms. The number of thioether (sulfide) groups is 1. The highest BCUT2D eigenvalue weighted by Crippen LogP contribution is 2.29. The van der Waals surface area contributed by atoms with Crippen molar-refractivity contribution in [3.05, 3.63) is 28.7 Å². The molecule has 0 bridgehead atoms. The number of nitrogens with zero attached hydrogens (tertiary/aromatic N) is 1. The van der Waals surface area contributed by atoms with E-state index in [1.54, 1.807) is 0 Å². The Hall–Kier alpha value is -0.660. The topological polar surface area (TPSA) is 35.8 Å². The number of hydrogen-bond acceptors (Lipinski definition) is 3. The summed E-state index contributed by atoms with van der Waals surface area (Å²) >= 11 is 5.42. The number of rotatable bonds is 3. The summed E-state index contributed by atoms with van der Waals surface area (Å²) in [7, 11) is 0. The van der Waals surface area contributed by atoms with Gasteiger partial charge < -0.3 is 5.32 Å². The molecule has 1 aromatic rings. The van der Waals surface area contributed by atoms with Gasteiger partial charge in [-0.3, -0.25) is 0 Å². The van der Waals surface area contributed by atoms with Gasteiger partial charge in [-0.15, -0.1) is 0 Å². The van der Waals surface area contributed by atoms with Gasteiger partial charge in [-0.2, -0.15) is 17.0 Å². The van der Waals surface area contributed by atoms with E-state index in [2.05, 4.69) is 27.3 Å². The van der Waals surface area contributed by atoms with E-state index in [9.17, 15) is 5.26 Å². The third-order valence-electron chi connectivity index (χ3n) is 2.76. The van der Waals surface area contributed by atoms with Gasteiger partial charge in [0.25, 0.3) is 0 Å². The van der Waals surface area contributed by atoms with Gasteiger partial charge in [0.15, 0.2) is 0 Å². The van der Waals surface area contributed by atoms with Gasteiger partial charge in [-0.05, 0) is 46.0 Å². The van der Waals surface area contributed by atoms with Crippen molar-refractivity contribution < 1.29 is 0 Å². The van der Waals surface area contributed by atoms with Gasteiger partial charge in [-0.1, -0.05) is 12.1 Å². The molecule has 4 heteroatoms. The molecule has 0 aliphatic carbocycles. The lowest BCUT2D eigenvalue weighted by Crippen LogP contribution is -2.27. The fourth-order valence-electron chi connectivity index (χ4n) is 1.82.